The third kappa shape index (κ3) is 4.63. The van der Waals surface area contributed by atoms with E-state index in [0.717, 1.165) is 4.90 Å². The number of carbonyl (C=O) groups is 2. The lowest BCUT2D eigenvalue weighted by Crippen LogP contribution is -2.35. The van der Waals surface area contributed by atoms with E-state index in [1.807, 2.05) is 0 Å². The van der Waals surface area contributed by atoms with Crippen LogP contribution in [0.2, 0.25) is 0 Å². The van der Waals surface area contributed by atoms with Crippen molar-refractivity contribution < 1.29 is 33.4 Å². The van der Waals surface area contributed by atoms with E-state index >= 15 is 0 Å². The van der Waals surface area contributed by atoms with Gasteiger partial charge in [-0.3, -0.25) is 9.59 Å². The van der Waals surface area contributed by atoms with Gasteiger partial charge in [-0.2, -0.15) is 0 Å². The Morgan fingerprint density at radius 1 is 1.08 bits per heavy atom. The molecule has 9 nitrogen and oxygen atoms in total. The molecule has 2 rings (SSSR count). The van der Waals surface area contributed by atoms with Crippen LogP contribution in [0, 0.1) is 0 Å². The first-order valence-electron chi connectivity index (χ1n) is 7.20. The van der Waals surface area contributed by atoms with Gasteiger partial charge in [0.15, 0.2) is 0 Å². The zero-order valence-electron chi connectivity index (χ0n) is 14.0. The summed E-state index contributed by atoms with van der Waals surface area (Å²) in [6.07, 6.45) is 0. The summed E-state index contributed by atoms with van der Waals surface area (Å²) in [7, 11) is 4.38. The second-order valence-corrected chi connectivity index (χ2v) is 5.01. The van der Waals surface area contributed by atoms with E-state index in [0.29, 0.717) is 17.1 Å². The van der Waals surface area contributed by atoms with Crippen LogP contribution < -0.4 is 14.2 Å². The fourth-order valence-electron chi connectivity index (χ4n) is 2.15. The molecule has 9 heteroatoms. The van der Waals surface area contributed by atoms with E-state index in [-0.39, 0.29) is 18.2 Å². The van der Waals surface area contributed by atoms with Gasteiger partial charge in [-0.05, 0) is 22.9 Å². The highest BCUT2D eigenvalue weighted by Gasteiger charge is 2.23. The van der Waals surface area contributed by atoms with Gasteiger partial charge in [0.1, 0.15) is 18.0 Å². The zero-order chi connectivity index (χ0) is 18.4. The number of methoxy groups -OCH3 is 3. The molecule has 0 aliphatic rings. The number of rotatable bonds is 8. The Kier molecular flexibility index (Phi) is 5.83. The fraction of sp³-hybridized carbons (Fsp3) is 0.312. The lowest BCUT2D eigenvalue weighted by molar-refractivity contribution is -0.137. The number of carbonyl (C=O) groups excluding carboxylic acids is 1. The Labute approximate surface area is 143 Å². The first kappa shape index (κ1) is 18.1. The molecule has 1 aromatic carbocycles. The summed E-state index contributed by atoms with van der Waals surface area (Å²) in [5.74, 6) is -0.721. The molecular formula is C16H18N2O7. The molecule has 0 saturated heterocycles. The fourth-order valence-corrected chi connectivity index (χ4v) is 2.15. The van der Waals surface area contributed by atoms with Crippen molar-refractivity contribution in [3.05, 3.63) is 35.6 Å². The third-order valence-electron chi connectivity index (χ3n) is 3.31. The average Bonchev–Trinajstić information content (AvgIpc) is 3.08. The molecule has 25 heavy (non-hydrogen) atoms. The van der Waals surface area contributed by atoms with Crippen LogP contribution in [0.25, 0.3) is 0 Å². The summed E-state index contributed by atoms with van der Waals surface area (Å²) >= 11 is 0. The molecule has 1 heterocycles. The van der Waals surface area contributed by atoms with Crippen LogP contribution in [0.5, 0.6) is 17.4 Å². The van der Waals surface area contributed by atoms with Crippen molar-refractivity contribution in [3.8, 4) is 17.4 Å². The lowest BCUT2D eigenvalue weighted by atomic mass is 10.1. The zero-order valence-corrected chi connectivity index (χ0v) is 14.0. The number of amides is 1. The van der Waals surface area contributed by atoms with E-state index in [2.05, 4.69) is 5.16 Å². The van der Waals surface area contributed by atoms with Crippen molar-refractivity contribution in [3.63, 3.8) is 0 Å². The summed E-state index contributed by atoms with van der Waals surface area (Å²) < 4.78 is 20.1. The number of aromatic nitrogens is 1. The van der Waals surface area contributed by atoms with Gasteiger partial charge in [-0.15, -0.1) is 0 Å². The molecule has 0 unspecified atom stereocenters. The van der Waals surface area contributed by atoms with Gasteiger partial charge < -0.3 is 28.7 Å². The van der Waals surface area contributed by atoms with Gasteiger partial charge in [0.25, 0.3) is 11.8 Å². The van der Waals surface area contributed by atoms with Crippen LogP contribution in [0.1, 0.15) is 16.1 Å². The summed E-state index contributed by atoms with van der Waals surface area (Å²) in [5.41, 5.74) is 0.636. The summed E-state index contributed by atoms with van der Waals surface area (Å²) in [6, 6.07) is 6.34. The highest BCUT2D eigenvalue weighted by molar-refractivity contribution is 5.93. The maximum absolute atomic E-state index is 12.5. The van der Waals surface area contributed by atoms with Crippen molar-refractivity contribution in [2.24, 2.45) is 0 Å². The number of carboxylic acid groups (broad SMARTS) is 1. The standard InChI is InChI=1S/C16H18N2O7/c1-22-11-4-10(5-12(6-11)23-2)8-18(9-15(19)20)16(21)13-7-14(24-3)17-25-13/h4-7H,8-9H2,1-3H3,(H,19,20). The lowest BCUT2D eigenvalue weighted by Gasteiger charge is -2.20. The molecule has 0 fully saturated rings. The number of benzene rings is 1. The van der Waals surface area contributed by atoms with Crippen LogP contribution in [0.15, 0.2) is 28.8 Å². The van der Waals surface area contributed by atoms with Crippen molar-refractivity contribution in [1.29, 1.82) is 0 Å². The summed E-state index contributed by atoms with van der Waals surface area (Å²) in [4.78, 5) is 24.8. The number of aliphatic carboxylic acids is 1. The molecule has 0 aliphatic carbocycles. The van der Waals surface area contributed by atoms with E-state index < -0.39 is 18.4 Å². The first-order valence-corrected chi connectivity index (χ1v) is 7.20. The maximum atomic E-state index is 12.5. The van der Waals surface area contributed by atoms with Crippen molar-refractivity contribution >= 4 is 11.9 Å². The van der Waals surface area contributed by atoms with E-state index in [1.54, 1.807) is 18.2 Å². The minimum Gasteiger partial charge on any atom is -0.497 e. The van der Waals surface area contributed by atoms with Gasteiger partial charge in [0, 0.05) is 12.6 Å². The Bertz CT molecular complexity index is 734. The molecule has 1 amide bonds. The summed E-state index contributed by atoms with van der Waals surface area (Å²) in [5, 5.41) is 12.6. The van der Waals surface area contributed by atoms with Gasteiger partial charge in [-0.1, -0.05) is 0 Å². The van der Waals surface area contributed by atoms with Crippen LogP contribution in [-0.2, 0) is 11.3 Å². The van der Waals surface area contributed by atoms with Crippen molar-refractivity contribution in [2.75, 3.05) is 27.9 Å². The second-order valence-electron chi connectivity index (χ2n) is 5.01. The predicted octanol–water partition coefficient (Wildman–Crippen LogP) is 1.43. The maximum Gasteiger partial charge on any atom is 0.323 e. The van der Waals surface area contributed by atoms with Crippen LogP contribution in [0.3, 0.4) is 0 Å². The quantitative estimate of drug-likeness (QED) is 0.761. The molecule has 1 aromatic heterocycles. The van der Waals surface area contributed by atoms with Crippen LogP contribution >= 0.6 is 0 Å². The first-order chi connectivity index (χ1) is 12.0. The minimum atomic E-state index is -1.16. The number of carboxylic acids is 1. The highest BCUT2D eigenvalue weighted by Crippen LogP contribution is 2.24. The Morgan fingerprint density at radius 3 is 2.20 bits per heavy atom. The van der Waals surface area contributed by atoms with Gasteiger partial charge in [-0.25, -0.2) is 0 Å². The van der Waals surface area contributed by atoms with Crippen molar-refractivity contribution in [2.45, 2.75) is 6.54 Å². The molecule has 0 saturated carbocycles. The van der Waals surface area contributed by atoms with Crippen molar-refractivity contribution in [1.82, 2.24) is 10.1 Å². The molecule has 2 aromatic rings. The minimum absolute atomic E-state index is 0.0156. The number of ether oxygens (including phenoxy) is 3. The molecule has 0 bridgehead atoms. The molecule has 0 spiro atoms. The predicted molar refractivity (Wildman–Crippen MR) is 85.0 cm³/mol. The topological polar surface area (TPSA) is 111 Å². The molecule has 1 N–H and O–H groups in total. The normalized spacial score (nSPS) is 10.2. The average molecular weight is 350 g/mol. The Hall–Kier alpha value is -3.23. The van der Waals surface area contributed by atoms with Crippen LogP contribution in [0.4, 0.5) is 0 Å². The van der Waals surface area contributed by atoms with Gasteiger partial charge in [0.2, 0.25) is 5.76 Å². The monoisotopic (exact) mass is 350 g/mol. The van der Waals surface area contributed by atoms with E-state index in [4.69, 9.17) is 23.8 Å². The van der Waals surface area contributed by atoms with E-state index in [9.17, 15) is 9.59 Å². The van der Waals surface area contributed by atoms with Gasteiger partial charge >= 0.3 is 5.97 Å². The Morgan fingerprint density at radius 2 is 1.72 bits per heavy atom. The van der Waals surface area contributed by atoms with Crippen LogP contribution in [-0.4, -0.2) is 54.9 Å². The summed E-state index contributed by atoms with van der Waals surface area (Å²) in [6.45, 7) is -0.497. The molecule has 134 valence electrons. The highest BCUT2D eigenvalue weighted by atomic mass is 16.5. The SMILES string of the molecule is COc1cc(CN(CC(=O)O)C(=O)c2cc(OC)no2)cc(OC)c1. The smallest absolute Gasteiger partial charge is 0.323 e. The molecule has 0 radical (unpaired) electrons. The molecule has 0 atom stereocenters. The van der Waals surface area contributed by atoms with Gasteiger partial charge in [0.05, 0.1) is 27.4 Å². The number of hydrogen-bond donors (Lipinski definition) is 1. The largest absolute Gasteiger partial charge is 0.497 e. The number of nitrogens with zero attached hydrogens (tertiary/aromatic N) is 2. The molecular weight excluding hydrogens is 332 g/mol. The van der Waals surface area contributed by atoms with E-state index in [1.165, 1.54) is 27.4 Å². The number of hydrogen-bond acceptors (Lipinski definition) is 7. The third-order valence-corrected chi connectivity index (χ3v) is 3.31. The molecule has 0 aliphatic heterocycles. The second kappa shape index (κ2) is 8.04. The Balaban J connectivity index is 2.28.